The van der Waals surface area contributed by atoms with Crippen LogP contribution >= 0.6 is 0 Å². The predicted octanol–water partition coefficient (Wildman–Crippen LogP) is 4.53. The third kappa shape index (κ3) is 18.6. The molecule has 0 bridgehead atoms. The molecule has 3 unspecified atom stereocenters. The molecule has 1 amide bonds. The maximum atomic E-state index is 12.3. The third-order valence-electron chi connectivity index (χ3n) is 5.57. The fourth-order valence-electron chi connectivity index (χ4n) is 3.57. The van der Waals surface area contributed by atoms with Gasteiger partial charge in [-0.05, 0) is 19.3 Å². The number of nitrogens with one attached hydrogen (secondary N) is 1. The molecule has 0 radical (unpaired) electrons. The second-order valence-corrected chi connectivity index (χ2v) is 10.3. The van der Waals surface area contributed by atoms with Crippen LogP contribution in [0.1, 0.15) is 110 Å². The molecule has 0 aliphatic heterocycles. The highest BCUT2D eigenvalue weighted by atomic mass is 32.2. The van der Waals surface area contributed by atoms with Gasteiger partial charge < -0.3 is 15.5 Å². The van der Waals surface area contributed by atoms with E-state index in [0.29, 0.717) is 6.42 Å². The molecule has 0 fully saturated rings. The molecule has 0 spiro atoms. The summed E-state index contributed by atoms with van der Waals surface area (Å²) in [5.74, 6) is -1.54. The number of carbonyl (C=O) groups excluding carboxylic acids is 1. The smallest absolute Gasteiger partial charge is 0.267 e. The molecule has 0 aromatic heterocycles. The summed E-state index contributed by atoms with van der Waals surface area (Å²) in [4.78, 5) is 12.3. The number of aliphatic hydroxyl groups excluding tert-OH is 2. The predicted molar refractivity (Wildman–Crippen MR) is 130 cm³/mol. The van der Waals surface area contributed by atoms with Gasteiger partial charge >= 0.3 is 0 Å². The number of amides is 1. The number of carbonyl (C=O) groups is 1. The summed E-state index contributed by atoms with van der Waals surface area (Å²) in [6.07, 6.45) is 16.1. The Labute approximate surface area is 195 Å². The highest BCUT2D eigenvalue weighted by Crippen LogP contribution is 2.12. The van der Waals surface area contributed by atoms with Crippen molar-refractivity contribution in [2.75, 3.05) is 5.75 Å². The summed E-state index contributed by atoms with van der Waals surface area (Å²) in [7, 11) is -4.41. The molecular weight excluding hydrogens is 430 g/mol. The zero-order chi connectivity index (χ0) is 24.2. The minimum Gasteiger partial charge on any atom is -0.387 e. The average Bonchev–Trinajstić information content (AvgIpc) is 2.73. The zero-order valence-electron chi connectivity index (χ0n) is 20.2. The van der Waals surface area contributed by atoms with E-state index >= 15 is 0 Å². The SMILES string of the molecule is CCCCCC/C=C/C(O)C(CS(=O)(=O)O)NC(=O)C(O)CCCCCCCCCCC. The molecule has 4 N–H and O–H groups in total. The van der Waals surface area contributed by atoms with E-state index in [1.165, 1.54) is 38.2 Å². The van der Waals surface area contributed by atoms with Crippen LogP contribution in [0.4, 0.5) is 0 Å². The van der Waals surface area contributed by atoms with Gasteiger partial charge in [-0.3, -0.25) is 9.35 Å². The Morgan fingerprint density at radius 1 is 0.844 bits per heavy atom. The molecule has 0 aromatic rings. The fraction of sp³-hybridized carbons (Fsp3) is 0.875. The van der Waals surface area contributed by atoms with Crippen LogP contribution in [0.15, 0.2) is 12.2 Å². The average molecular weight is 478 g/mol. The summed E-state index contributed by atoms with van der Waals surface area (Å²) < 4.78 is 31.8. The van der Waals surface area contributed by atoms with Crippen molar-refractivity contribution in [2.45, 2.75) is 128 Å². The van der Waals surface area contributed by atoms with Crippen LogP contribution in [0.5, 0.6) is 0 Å². The normalized spacial score (nSPS) is 15.0. The topological polar surface area (TPSA) is 124 Å². The van der Waals surface area contributed by atoms with Crippen molar-refractivity contribution in [2.24, 2.45) is 0 Å². The minimum atomic E-state index is -4.41. The van der Waals surface area contributed by atoms with E-state index in [-0.39, 0.29) is 6.42 Å². The van der Waals surface area contributed by atoms with Crippen molar-refractivity contribution in [3.8, 4) is 0 Å². The Kier molecular flexibility index (Phi) is 18.9. The van der Waals surface area contributed by atoms with Crippen molar-refractivity contribution >= 4 is 16.0 Å². The van der Waals surface area contributed by atoms with Gasteiger partial charge in [-0.1, -0.05) is 103 Å². The lowest BCUT2D eigenvalue weighted by Crippen LogP contribution is -2.50. The Morgan fingerprint density at radius 2 is 1.34 bits per heavy atom. The van der Waals surface area contributed by atoms with E-state index in [9.17, 15) is 28.0 Å². The summed E-state index contributed by atoms with van der Waals surface area (Å²) in [5, 5.41) is 22.8. The molecule has 0 heterocycles. The minimum absolute atomic E-state index is 0.281. The summed E-state index contributed by atoms with van der Waals surface area (Å²) in [6, 6.07) is -1.22. The van der Waals surface area contributed by atoms with Crippen molar-refractivity contribution in [1.82, 2.24) is 5.32 Å². The van der Waals surface area contributed by atoms with Crippen LogP contribution in [0.3, 0.4) is 0 Å². The van der Waals surface area contributed by atoms with E-state index in [2.05, 4.69) is 19.2 Å². The Morgan fingerprint density at radius 3 is 1.88 bits per heavy atom. The van der Waals surface area contributed by atoms with Gasteiger partial charge in [-0.25, -0.2) is 0 Å². The van der Waals surface area contributed by atoms with Crippen molar-refractivity contribution in [3.63, 3.8) is 0 Å². The molecule has 0 aromatic carbocycles. The Balaban J connectivity index is 4.38. The van der Waals surface area contributed by atoms with Crippen LogP contribution in [0.25, 0.3) is 0 Å². The second-order valence-electron chi connectivity index (χ2n) is 8.76. The lowest BCUT2D eigenvalue weighted by atomic mass is 10.0. The number of unbranched alkanes of at least 4 members (excludes halogenated alkanes) is 12. The molecule has 32 heavy (non-hydrogen) atoms. The first-order valence-corrected chi connectivity index (χ1v) is 14.1. The van der Waals surface area contributed by atoms with Gasteiger partial charge in [-0.2, -0.15) is 8.42 Å². The van der Waals surface area contributed by atoms with Gasteiger partial charge in [0.2, 0.25) is 5.91 Å². The standard InChI is InChI=1S/C24H47NO6S/c1-3-5-7-9-11-12-13-15-17-19-23(27)24(28)25-21(20-32(29,30)31)22(26)18-16-14-10-8-6-4-2/h16,18,21-23,26-27H,3-15,17,19-20H2,1-2H3,(H,25,28)(H,29,30,31)/b18-16+. The van der Waals surface area contributed by atoms with Crippen LogP contribution in [0.2, 0.25) is 0 Å². The Bertz CT molecular complexity index is 593. The van der Waals surface area contributed by atoms with Gasteiger partial charge in [0.25, 0.3) is 10.1 Å². The largest absolute Gasteiger partial charge is 0.387 e. The monoisotopic (exact) mass is 477 g/mol. The van der Waals surface area contributed by atoms with E-state index < -0.39 is 40.0 Å². The number of aliphatic hydroxyl groups is 2. The molecule has 0 rings (SSSR count). The van der Waals surface area contributed by atoms with Crippen LogP contribution in [-0.2, 0) is 14.9 Å². The quantitative estimate of drug-likeness (QED) is 0.109. The first-order valence-electron chi connectivity index (χ1n) is 12.5. The molecule has 0 aliphatic rings. The molecule has 0 saturated heterocycles. The van der Waals surface area contributed by atoms with Crippen molar-refractivity contribution in [1.29, 1.82) is 0 Å². The Hall–Kier alpha value is -0.960. The van der Waals surface area contributed by atoms with Crippen LogP contribution in [0, 0.1) is 0 Å². The maximum Gasteiger partial charge on any atom is 0.267 e. The molecule has 190 valence electrons. The molecule has 0 aliphatic carbocycles. The lowest BCUT2D eigenvalue weighted by molar-refractivity contribution is -0.130. The number of hydrogen-bond donors (Lipinski definition) is 4. The van der Waals surface area contributed by atoms with E-state index in [1.807, 2.05) is 0 Å². The van der Waals surface area contributed by atoms with Gasteiger partial charge in [0, 0.05) is 0 Å². The number of hydrogen-bond acceptors (Lipinski definition) is 5. The third-order valence-corrected chi connectivity index (χ3v) is 6.35. The summed E-state index contributed by atoms with van der Waals surface area (Å²) >= 11 is 0. The molecule has 3 atom stereocenters. The first kappa shape index (κ1) is 31.0. The summed E-state index contributed by atoms with van der Waals surface area (Å²) in [6.45, 7) is 4.31. The number of rotatable bonds is 21. The highest BCUT2D eigenvalue weighted by Gasteiger charge is 2.27. The molecule has 0 saturated carbocycles. The second kappa shape index (κ2) is 19.5. The van der Waals surface area contributed by atoms with E-state index in [1.54, 1.807) is 6.08 Å². The molecule has 8 heteroatoms. The van der Waals surface area contributed by atoms with Crippen molar-refractivity contribution < 1.29 is 28.0 Å². The van der Waals surface area contributed by atoms with Crippen molar-refractivity contribution in [3.05, 3.63) is 12.2 Å². The number of allylic oxidation sites excluding steroid dienone is 1. The van der Waals surface area contributed by atoms with Crippen LogP contribution < -0.4 is 5.32 Å². The first-order chi connectivity index (χ1) is 15.2. The summed E-state index contributed by atoms with van der Waals surface area (Å²) in [5.41, 5.74) is 0. The molecule has 7 nitrogen and oxygen atoms in total. The van der Waals surface area contributed by atoms with E-state index in [4.69, 9.17) is 0 Å². The van der Waals surface area contributed by atoms with Gasteiger partial charge in [0.1, 0.15) is 6.10 Å². The van der Waals surface area contributed by atoms with Crippen LogP contribution in [-0.4, -0.2) is 53.1 Å². The lowest BCUT2D eigenvalue weighted by Gasteiger charge is -2.22. The molecular formula is C24H47NO6S. The highest BCUT2D eigenvalue weighted by molar-refractivity contribution is 7.85. The maximum absolute atomic E-state index is 12.3. The zero-order valence-corrected chi connectivity index (χ0v) is 21.0. The van der Waals surface area contributed by atoms with Gasteiger partial charge in [-0.15, -0.1) is 0 Å². The van der Waals surface area contributed by atoms with E-state index in [0.717, 1.165) is 51.4 Å². The van der Waals surface area contributed by atoms with Gasteiger partial charge in [0.05, 0.1) is 17.9 Å². The fourth-order valence-corrected chi connectivity index (χ4v) is 4.30. The van der Waals surface area contributed by atoms with Gasteiger partial charge in [0.15, 0.2) is 0 Å².